The predicted octanol–water partition coefficient (Wildman–Crippen LogP) is 4.28. The second-order valence-electron chi connectivity index (χ2n) is 4.74. The number of alkyl halides is 1. The highest BCUT2D eigenvalue weighted by molar-refractivity contribution is 5.34. The summed E-state index contributed by atoms with van der Waals surface area (Å²) < 4.78 is 12.2. The molecule has 1 heteroatoms. The maximum Gasteiger partial charge on any atom is 0.0900 e. The van der Waals surface area contributed by atoms with E-state index in [4.69, 9.17) is 0 Å². The van der Waals surface area contributed by atoms with Crippen molar-refractivity contribution < 1.29 is 4.39 Å². The fraction of sp³-hybridized carbons (Fsp3) is 0.692. The molecule has 0 aromatic carbocycles. The number of hydrogen-bond donors (Lipinski definition) is 0. The Morgan fingerprint density at radius 1 is 1.57 bits per heavy atom. The van der Waals surface area contributed by atoms with Crippen LogP contribution >= 0.6 is 0 Å². The molecule has 1 fully saturated rings. The van der Waals surface area contributed by atoms with Gasteiger partial charge in [0.25, 0.3) is 0 Å². The monoisotopic (exact) mass is 196 g/mol. The first kappa shape index (κ1) is 11.5. The average molecular weight is 196 g/mol. The number of rotatable bonds is 5. The molecular formula is C13H21F. The van der Waals surface area contributed by atoms with Gasteiger partial charge in [-0.3, -0.25) is 4.39 Å². The topological polar surface area (TPSA) is 0 Å². The second-order valence-corrected chi connectivity index (χ2v) is 4.74. The molecule has 0 amide bonds. The molecule has 0 aliphatic heterocycles. The molecule has 0 heterocycles. The Hall–Kier alpha value is -0.590. The minimum absolute atomic E-state index is 0.223. The highest BCUT2D eigenvalue weighted by Gasteiger charge is 2.40. The maximum absolute atomic E-state index is 12.2. The minimum atomic E-state index is -0.223. The van der Waals surface area contributed by atoms with Gasteiger partial charge in [-0.25, -0.2) is 0 Å². The number of halogens is 1. The van der Waals surface area contributed by atoms with Crippen molar-refractivity contribution in [1.82, 2.24) is 0 Å². The maximum atomic E-state index is 12.2. The molecule has 0 aromatic rings. The van der Waals surface area contributed by atoms with Crippen molar-refractivity contribution in [1.29, 1.82) is 0 Å². The lowest BCUT2D eigenvalue weighted by Crippen LogP contribution is -2.06. The summed E-state index contributed by atoms with van der Waals surface area (Å²) in [5, 5.41) is 0. The molecule has 0 saturated heterocycles. The van der Waals surface area contributed by atoms with Crippen molar-refractivity contribution in [3.05, 3.63) is 23.8 Å². The molecule has 0 nitrogen and oxygen atoms in total. The van der Waals surface area contributed by atoms with Crippen LogP contribution in [0.4, 0.5) is 4.39 Å². The van der Waals surface area contributed by atoms with Gasteiger partial charge in [-0.15, -0.1) is 0 Å². The van der Waals surface area contributed by atoms with E-state index in [-0.39, 0.29) is 6.67 Å². The summed E-state index contributed by atoms with van der Waals surface area (Å²) in [5.41, 5.74) is 3.05. The van der Waals surface area contributed by atoms with Crippen LogP contribution in [0.2, 0.25) is 0 Å². The molecule has 14 heavy (non-hydrogen) atoms. The van der Waals surface area contributed by atoms with Crippen molar-refractivity contribution in [2.24, 2.45) is 11.3 Å². The van der Waals surface area contributed by atoms with Crippen LogP contribution in [0.15, 0.2) is 23.8 Å². The first-order chi connectivity index (χ1) is 6.55. The quantitative estimate of drug-likeness (QED) is 0.575. The van der Waals surface area contributed by atoms with Crippen LogP contribution in [0.1, 0.15) is 40.0 Å². The first-order valence-electron chi connectivity index (χ1n) is 5.45. The lowest BCUT2D eigenvalue weighted by molar-refractivity contribution is 0.426. The van der Waals surface area contributed by atoms with Gasteiger partial charge in [-0.05, 0) is 43.1 Å². The van der Waals surface area contributed by atoms with Gasteiger partial charge in [0.1, 0.15) is 0 Å². The van der Waals surface area contributed by atoms with E-state index in [9.17, 15) is 4.39 Å². The standard InChI is InChI=1S/C13H21F/c1-5-12(13(4)7-8-13)11(3)10(2)6-9-14/h5,10H,1,6-9H2,2-4H3/b12-11-. The molecule has 0 aromatic heterocycles. The van der Waals surface area contributed by atoms with Crippen LogP contribution in [0, 0.1) is 11.3 Å². The zero-order chi connectivity index (χ0) is 10.8. The third-order valence-corrected chi connectivity index (χ3v) is 3.56. The summed E-state index contributed by atoms with van der Waals surface area (Å²) in [5.74, 6) is 0.352. The van der Waals surface area contributed by atoms with Crippen molar-refractivity contribution >= 4 is 0 Å². The Balaban J connectivity index is 2.82. The largest absolute Gasteiger partial charge is 0.251 e. The van der Waals surface area contributed by atoms with Gasteiger partial charge in [0.15, 0.2) is 0 Å². The van der Waals surface area contributed by atoms with Gasteiger partial charge >= 0.3 is 0 Å². The summed E-state index contributed by atoms with van der Waals surface area (Å²) >= 11 is 0. The van der Waals surface area contributed by atoms with E-state index in [2.05, 4.69) is 27.4 Å². The summed E-state index contributed by atoms with van der Waals surface area (Å²) in [6.07, 6.45) is 5.12. The van der Waals surface area contributed by atoms with Crippen LogP contribution in [-0.4, -0.2) is 6.67 Å². The van der Waals surface area contributed by atoms with E-state index in [1.165, 1.54) is 24.0 Å². The summed E-state index contributed by atoms with van der Waals surface area (Å²) in [6, 6.07) is 0. The fourth-order valence-corrected chi connectivity index (χ4v) is 1.99. The SMILES string of the molecule is C=C/C(=C(\C)C(C)CCF)C1(C)CC1. The van der Waals surface area contributed by atoms with Gasteiger partial charge in [0, 0.05) is 0 Å². The molecule has 1 unspecified atom stereocenters. The molecule has 0 radical (unpaired) electrons. The third-order valence-electron chi connectivity index (χ3n) is 3.56. The summed E-state index contributed by atoms with van der Waals surface area (Å²) in [6.45, 7) is 10.2. The minimum Gasteiger partial charge on any atom is -0.251 e. The fourth-order valence-electron chi connectivity index (χ4n) is 1.99. The molecular weight excluding hydrogens is 175 g/mol. The number of hydrogen-bond acceptors (Lipinski definition) is 0. The Kier molecular flexibility index (Phi) is 3.52. The lowest BCUT2D eigenvalue weighted by Gasteiger charge is -2.19. The Morgan fingerprint density at radius 3 is 2.50 bits per heavy atom. The van der Waals surface area contributed by atoms with Crippen molar-refractivity contribution in [2.45, 2.75) is 40.0 Å². The number of allylic oxidation sites excluding steroid dienone is 3. The highest BCUT2D eigenvalue weighted by atomic mass is 19.1. The van der Waals surface area contributed by atoms with Gasteiger partial charge in [-0.2, -0.15) is 0 Å². The van der Waals surface area contributed by atoms with Crippen LogP contribution < -0.4 is 0 Å². The molecule has 0 bridgehead atoms. The second kappa shape index (κ2) is 4.29. The van der Waals surface area contributed by atoms with E-state index in [1.54, 1.807) is 0 Å². The molecule has 1 aliphatic carbocycles. The van der Waals surface area contributed by atoms with Gasteiger partial charge < -0.3 is 0 Å². The molecule has 1 saturated carbocycles. The zero-order valence-corrected chi connectivity index (χ0v) is 9.57. The van der Waals surface area contributed by atoms with Crippen LogP contribution in [0.25, 0.3) is 0 Å². The van der Waals surface area contributed by atoms with E-state index in [0.717, 1.165) is 0 Å². The van der Waals surface area contributed by atoms with Gasteiger partial charge in [0.05, 0.1) is 6.67 Å². The zero-order valence-electron chi connectivity index (χ0n) is 9.57. The van der Waals surface area contributed by atoms with Crippen molar-refractivity contribution in [3.63, 3.8) is 0 Å². The summed E-state index contributed by atoms with van der Waals surface area (Å²) in [4.78, 5) is 0. The third kappa shape index (κ3) is 2.26. The first-order valence-corrected chi connectivity index (χ1v) is 5.45. The Labute approximate surface area is 86.9 Å². The Morgan fingerprint density at radius 2 is 2.14 bits per heavy atom. The van der Waals surface area contributed by atoms with Crippen LogP contribution in [0.5, 0.6) is 0 Å². The molecule has 0 spiro atoms. The van der Waals surface area contributed by atoms with E-state index in [1.807, 2.05) is 6.08 Å². The summed E-state index contributed by atoms with van der Waals surface area (Å²) in [7, 11) is 0. The van der Waals surface area contributed by atoms with Gasteiger partial charge in [0.2, 0.25) is 0 Å². The Bertz CT molecular complexity index is 246. The normalized spacial score (nSPS) is 22.6. The highest BCUT2D eigenvalue weighted by Crippen LogP contribution is 2.53. The molecule has 1 rings (SSSR count). The average Bonchev–Trinajstić information content (AvgIpc) is 2.85. The molecule has 80 valence electrons. The molecule has 0 N–H and O–H groups in total. The predicted molar refractivity (Wildman–Crippen MR) is 60.0 cm³/mol. The van der Waals surface area contributed by atoms with Crippen LogP contribution in [0.3, 0.4) is 0 Å². The molecule has 1 aliphatic rings. The van der Waals surface area contributed by atoms with Crippen molar-refractivity contribution in [2.75, 3.05) is 6.67 Å². The van der Waals surface area contributed by atoms with E-state index >= 15 is 0 Å². The van der Waals surface area contributed by atoms with Crippen LogP contribution in [-0.2, 0) is 0 Å². The molecule has 1 atom stereocenters. The van der Waals surface area contributed by atoms with Crippen molar-refractivity contribution in [3.8, 4) is 0 Å². The lowest BCUT2D eigenvalue weighted by atomic mass is 9.87. The smallest absolute Gasteiger partial charge is 0.0900 e. The van der Waals surface area contributed by atoms with Gasteiger partial charge in [-0.1, -0.05) is 32.1 Å². The van der Waals surface area contributed by atoms with E-state index < -0.39 is 0 Å². The van der Waals surface area contributed by atoms with E-state index in [0.29, 0.717) is 17.8 Å².